The Kier molecular flexibility index (Phi) is 10.4. The smallest absolute Gasteiger partial charge is 0.316 e. The van der Waals surface area contributed by atoms with Crippen LogP contribution in [0.4, 0.5) is 0 Å². The van der Waals surface area contributed by atoms with E-state index in [1.165, 1.54) is 10.5 Å². The number of hydrogen-bond acceptors (Lipinski definition) is 10. The maximum atomic E-state index is 14.1. The predicted octanol–water partition coefficient (Wildman–Crippen LogP) is 4.80. The van der Waals surface area contributed by atoms with Crippen LogP contribution in [0.15, 0.2) is 65.7 Å². The first-order valence-electron chi connectivity index (χ1n) is 17.4. The SMILES string of the molecule is CC[C@@H]1CN(Cc2cc([C@@H](c3ccc4c(nnn4CC)c3C)C(C)(C)c3nc(OCCO)ncc3C(N)=O)ccc2C)S(=O)(=O)c2ccccc2O1. The third-order valence-corrected chi connectivity index (χ3v) is 11.8. The maximum Gasteiger partial charge on any atom is 0.316 e. The summed E-state index contributed by atoms with van der Waals surface area (Å²) in [7, 11) is -3.90. The van der Waals surface area contributed by atoms with E-state index in [4.69, 9.17) is 20.2 Å². The number of ether oxygens (including phenoxy) is 2. The molecule has 1 aliphatic heterocycles. The summed E-state index contributed by atoms with van der Waals surface area (Å²) in [6.45, 7) is 12.6. The Morgan fingerprint density at radius 1 is 1.13 bits per heavy atom. The Bertz CT molecular complexity index is 2240. The molecule has 3 aromatic carbocycles. The molecule has 14 heteroatoms. The number of para-hydroxylation sites is 1. The fourth-order valence-electron chi connectivity index (χ4n) is 7.13. The van der Waals surface area contributed by atoms with Crippen molar-refractivity contribution >= 4 is 27.0 Å². The van der Waals surface area contributed by atoms with Crippen molar-refractivity contribution in [2.45, 2.75) is 83.4 Å². The molecule has 0 fully saturated rings. The summed E-state index contributed by atoms with van der Waals surface area (Å²) in [5.41, 5.74) is 11.5. The number of primary amides is 1. The lowest BCUT2D eigenvalue weighted by Crippen LogP contribution is -2.36. The van der Waals surface area contributed by atoms with E-state index in [2.05, 4.69) is 15.3 Å². The number of carbonyl (C=O) groups is 1. The molecule has 0 spiro atoms. The van der Waals surface area contributed by atoms with Crippen LogP contribution in [0, 0.1) is 13.8 Å². The highest BCUT2D eigenvalue weighted by Gasteiger charge is 2.40. The molecule has 2 aromatic heterocycles. The minimum atomic E-state index is -3.90. The van der Waals surface area contributed by atoms with Gasteiger partial charge in [0, 0.05) is 30.6 Å². The molecule has 3 heterocycles. The number of aryl methyl sites for hydroxylation is 3. The van der Waals surface area contributed by atoms with Gasteiger partial charge in [-0.05, 0) is 73.2 Å². The summed E-state index contributed by atoms with van der Waals surface area (Å²) in [6, 6.07) is 16.9. The molecule has 0 saturated carbocycles. The summed E-state index contributed by atoms with van der Waals surface area (Å²) in [6.07, 6.45) is 1.66. The Balaban J connectivity index is 1.53. The molecule has 6 rings (SSSR count). The molecule has 3 N–H and O–H groups in total. The number of benzene rings is 3. The number of fused-ring (bicyclic) bond motifs is 2. The van der Waals surface area contributed by atoms with Gasteiger partial charge in [0.1, 0.15) is 28.9 Å². The number of hydrogen-bond donors (Lipinski definition) is 2. The second kappa shape index (κ2) is 14.6. The highest BCUT2D eigenvalue weighted by molar-refractivity contribution is 7.89. The fourth-order valence-corrected chi connectivity index (χ4v) is 8.70. The molecule has 0 saturated heterocycles. The molecule has 1 aliphatic rings. The number of nitrogens with two attached hydrogens (primary N) is 1. The van der Waals surface area contributed by atoms with Gasteiger partial charge >= 0.3 is 6.01 Å². The summed E-state index contributed by atoms with van der Waals surface area (Å²) < 4.78 is 43.4. The zero-order valence-electron chi connectivity index (χ0n) is 30.3. The molecule has 13 nitrogen and oxygen atoms in total. The van der Waals surface area contributed by atoms with Gasteiger partial charge in [-0.3, -0.25) is 4.79 Å². The van der Waals surface area contributed by atoms with E-state index in [1.54, 1.807) is 24.3 Å². The van der Waals surface area contributed by atoms with Crippen LogP contribution in [-0.2, 0) is 28.5 Å². The zero-order valence-corrected chi connectivity index (χ0v) is 31.1. The summed E-state index contributed by atoms with van der Waals surface area (Å²) in [5.74, 6) is -0.806. The van der Waals surface area contributed by atoms with Gasteiger partial charge in [0.15, 0.2) is 0 Å². The van der Waals surface area contributed by atoms with Gasteiger partial charge in [-0.15, -0.1) is 5.10 Å². The number of aliphatic hydroxyl groups is 1. The van der Waals surface area contributed by atoms with E-state index in [0.717, 1.165) is 38.9 Å². The van der Waals surface area contributed by atoms with Gasteiger partial charge in [-0.2, -0.15) is 9.29 Å². The third kappa shape index (κ3) is 6.73. The van der Waals surface area contributed by atoms with Crippen molar-refractivity contribution in [3.05, 3.63) is 99.9 Å². The number of rotatable bonds is 12. The molecule has 52 heavy (non-hydrogen) atoms. The number of sulfonamides is 1. The first kappa shape index (κ1) is 36.9. The van der Waals surface area contributed by atoms with E-state index >= 15 is 0 Å². The largest absolute Gasteiger partial charge is 0.488 e. The predicted molar refractivity (Wildman–Crippen MR) is 196 cm³/mol. The molecular weight excluding hydrogens is 683 g/mol. The Labute approximate surface area is 303 Å². The van der Waals surface area contributed by atoms with Crippen molar-refractivity contribution < 1.29 is 27.8 Å². The van der Waals surface area contributed by atoms with Gasteiger partial charge < -0.3 is 20.3 Å². The highest BCUT2D eigenvalue weighted by Crippen LogP contribution is 2.46. The molecule has 5 aromatic rings. The van der Waals surface area contributed by atoms with Crippen LogP contribution >= 0.6 is 0 Å². The quantitative estimate of drug-likeness (QED) is 0.182. The Hall–Kier alpha value is -4.92. The normalized spacial score (nSPS) is 16.6. The highest BCUT2D eigenvalue weighted by atomic mass is 32.2. The molecule has 0 unspecified atom stereocenters. The molecule has 1 amide bonds. The second-order valence-electron chi connectivity index (χ2n) is 13.6. The lowest BCUT2D eigenvalue weighted by molar-refractivity contribution is 0.0996. The molecule has 0 bridgehead atoms. The van der Waals surface area contributed by atoms with E-state index < -0.39 is 27.3 Å². The van der Waals surface area contributed by atoms with E-state index in [1.807, 2.05) is 76.6 Å². The number of aliphatic hydroxyl groups excluding tert-OH is 1. The number of amides is 1. The van der Waals surface area contributed by atoms with E-state index in [-0.39, 0.29) is 48.9 Å². The van der Waals surface area contributed by atoms with Crippen molar-refractivity contribution in [2.24, 2.45) is 5.73 Å². The molecule has 0 radical (unpaired) electrons. The molecule has 2 atom stereocenters. The summed E-state index contributed by atoms with van der Waals surface area (Å²) >= 11 is 0. The Morgan fingerprint density at radius 3 is 2.62 bits per heavy atom. The lowest BCUT2D eigenvalue weighted by Gasteiger charge is -2.37. The van der Waals surface area contributed by atoms with Crippen molar-refractivity contribution in [3.63, 3.8) is 0 Å². The molecule has 274 valence electrons. The average Bonchev–Trinajstić information content (AvgIpc) is 3.52. The van der Waals surface area contributed by atoms with Gasteiger partial charge in [0.2, 0.25) is 10.0 Å². The number of aromatic nitrogens is 5. The minimum Gasteiger partial charge on any atom is -0.488 e. The van der Waals surface area contributed by atoms with Gasteiger partial charge in [-0.25, -0.2) is 18.1 Å². The summed E-state index contributed by atoms with van der Waals surface area (Å²) in [5, 5.41) is 18.3. The first-order chi connectivity index (χ1) is 24.8. The number of carbonyl (C=O) groups excluding carboxylic acids is 1. The minimum absolute atomic E-state index is 0.00267. The Morgan fingerprint density at radius 2 is 1.90 bits per heavy atom. The van der Waals surface area contributed by atoms with Crippen LogP contribution in [0.1, 0.15) is 83.9 Å². The zero-order chi connectivity index (χ0) is 37.4. The van der Waals surface area contributed by atoms with Gasteiger partial charge in [0.25, 0.3) is 5.91 Å². The topological polar surface area (TPSA) is 176 Å². The van der Waals surface area contributed by atoms with Crippen LogP contribution < -0.4 is 15.2 Å². The molecule has 0 aliphatic carbocycles. The third-order valence-electron chi connectivity index (χ3n) is 9.96. The van der Waals surface area contributed by atoms with Gasteiger partial charge in [-0.1, -0.05) is 62.4 Å². The van der Waals surface area contributed by atoms with E-state index in [0.29, 0.717) is 24.4 Å². The van der Waals surface area contributed by atoms with Crippen molar-refractivity contribution in [2.75, 3.05) is 19.8 Å². The van der Waals surface area contributed by atoms with Crippen molar-refractivity contribution in [1.82, 2.24) is 29.3 Å². The second-order valence-corrected chi connectivity index (χ2v) is 15.5. The first-order valence-corrected chi connectivity index (χ1v) is 18.8. The average molecular weight is 728 g/mol. The maximum absolute atomic E-state index is 14.1. The van der Waals surface area contributed by atoms with Gasteiger partial charge in [0.05, 0.1) is 29.9 Å². The lowest BCUT2D eigenvalue weighted by atomic mass is 9.67. The standard InChI is InChI=1S/C38H45N7O6S/c1-7-27-22-44(52(48,49)32-12-10-9-11-31(32)51-27)21-26-19-25(14-13-23(26)3)33(28-15-16-30-34(24(28)4)42-43-45(30)8-2)38(5,6)35-29(36(39)47)20-40-37(41-35)50-18-17-46/h9-16,19-20,27,33,46H,7-8,17-18,21-22H2,1-6H3,(H2,39,47)/t27-,33+/m1/s1. The molecular formula is C38H45N7O6S. The fraction of sp³-hybridized carbons (Fsp3) is 0.395. The monoisotopic (exact) mass is 727 g/mol. The van der Waals surface area contributed by atoms with Crippen molar-refractivity contribution in [3.8, 4) is 11.8 Å². The van der Waals surface area contributed by atoms with Crippen LogP contribution in [0.5, 0.6) is 11.8 Å². The van der Waals surface area contributed by atoms with Crippen molar-refractivity contribution in [1.29, 1.82) is 0 Å². The van der Waals surface area contributed by atoms with Crippen LogP contribution in [0.2, 0.25) is 0 Å². The van der Waals surface area contributed by atoms with Crippen LogP contribution in [0.25, 0.3) is 11.0 Å². The van der Waals surface area contributed by atoms with Crippen LogP contribution in [0.3, 0.4) is 0 Å². The number of nitrogens with zero attached hydrogens (tertiary/aromatic N) is 6. The van der Waals surface area contributed by atoms with E-state index in [9.17, 15) is 18.3 Å². The van der Waals surface area contributed by atoms with Crippen LogP contribution in [-0.4, -0.2) is 74.6 Å². The summed E-state index contributed by atoms with van der Waals surface area (Å²) in [4.78, 5) is 21.9.